The second-order valence-electron chi connectivity index (χ2n) is 5.91. The first kappa shape index (κ1) is 16.7. The van der Waals surface area contributed by atoms with E-state index in [1.54, 1.807) is 0 Å². The van der Waals surface area contributed by atoms with Gasteiger partial charge in [-0.05, 0) is 49.7 Å². The first-order chi connectivity index (χ1) is 11.1. The smallest absolute Gasteiger partial charge is 0.0791 e. The second kappa shape index (κ2) is 7.63. The van der Waals surface area contributed by atoms with Gasteiger partial charge in [-0.3, -0.25) is 9.88 Å². The molecule has 0 bridgehead atoms. The molecule has 2 heterocycles. The van der Waals surface area contributed by atoms with Crippen molar-refractivity contribution >= 4 is 23.2 Å². The minimum absolute atomic E-state index is 0.0552. The number of hydrogen-bond donors (Lipinski definition) is 1. The number of benzene rings is 1. The Kier molecular flexibility index (Phi) is 5.54. The third-order valence-electron chi connectivity index (χ3n) is 4.19. The van der Waals surface area contributed by atoms with Gasteiger partial charge in [0.25, 0.3) is 0 Å². The number of aryl methyl sites for hydroxylation is 1. The van der Waals surface area contributed by atoms with Gasteiger partial charge in [0, 0.05) is 35.4 Å². The summed E-state index contributed by atoms with van der Waals surface area (Å²) in [5, 5.41) is 4.81. The summed E-state index contributed by atoms with van der Waals surface area (Å²) in [5.74, 6) is 0. The quantitative estimate of drug-likeness (QED) is 0.904. The third kappa shape index (κ3) is 4.04. The van der Waals surface area contributed by atoms with Gasteiger partial charge in [-0.15, -0.1) is 0 Å². The molecule has 3 nitrogen and oxygen atoms in total. The lowest BCUT2D eigenvalue weighted by atomic mass is 10.0. The molecule has 1 aromatic carbocycles. The van der Waals surface area contributed by atoms with Gasteiger partial charge >= 0.3 is 0 Å². The normalized spacial score (nSPS) is 17.7. The number of nitrogens with zero attached hydrogens (tertiary/aromatic N) is 2. The molecule has 0 saturated carbocycles. The highest BCUT2D eigenvalue weighted by Crippen LogP contribution is 2.34. The Bertz CT molecular complexity index is 667. The highest BCUT2D eigenvalue weighted by molar-refractivity contribution is 6.35. The van der Waals surface area contributed by atoms with E-state index in [4.69, 9.17) is 28.2 Å². The summed E-state index contributed by atoms with van der Waals surface area (Å²) in [4.78, 5) is 7.22. The average molecular weight is 350 g/mol. The minimum Gasteiger partial charge on any atom is -0.315 e. The topological polar surface area (TPSA) is 28.2 Å². The van der Waals surface area contributed by atoms with E-state index >= 15 is 0 Å². The van der Waals surface area contributed by atoms with Gasteiger partial charge in [0.05, 0.1) is 11.7 Å². The summed E-state index contributed by atoms with van der Waals surface area (Å²) in [7, 11) is 0. The molecule has 5 heteroatoms. The van der Waals surface area contributed by atoms with Crippen LogP contribution in [0.4, 0.5) is 0 Å². The maximum Gasteiger partial charge on any atom is 0.0791 e. The Morgan fingerprint density at radius 3 is 2.78 bits per heavy atom. The number of pyridine rings is 1. The van der Waals surface area contributed by atoms with Crippen LogP contribution >= 0.6 is 23.2 Å². The van der Waals surface area contributed by atoms with Crippen molar-refractivity contribution in [2.75, 3.05) is 26.2 Å². The van der Waals surface area contributed by atoms with Gasteiger partial charge < -0.3 is 5.32 Å². The molecular weight excluding hydrogens is 329 g/mol. The van der Waals surface area contributed by atoms with Crippen LogP contribution in [0.2, 0.25) is 10.0 Å². The van der Waals surface area contributed by atoms with E-state index in [1.165, 1.54) is 0 Å². The van der Waals surface area contributed by atoms with Gasteiger partial charge in [0.15, 0.2) is 0 Å². The Morgan fingerprint density at radius 1 is 1.13 bits per heavy atom. The standard InChI is InChI=1S/C18H21Cl2N3/c1-13-4-2-5-17(22-13)18(23-10-3-8-21-9-11-23)15-7-6-14(19)12-16(15)20/h2,4-7,12,18,21H,3,8-11H2,1H3. The van der Waals surface area contributed by atoms with Gasteiger partial charge in [-0.2, -0.15) is 0 Å². The molecule has 122 valence electrons. The maximum absolute atomic E-state index is 6.52. The van der Waals surface area contributed by atoms with Crippen molar-refractivity contribution in [1.82, 2.24) is 15.2 Å². The summed E-state index contributed by atoms with van der Waals surface area (Å²) in [6, 6.07) is 12.0. The molecular formula is C18H21Cl2N3. The van der Waals surface area contributed by atoms with Crippen LogP contribution < -0.4 is 5.32 Å². The summed E-state index contributed by atoms with van der Waals surface area (Å²) < 4.78 is 0. The Balaban J connectivity index is 2.05. The predicted octanol–water partition coefficient (Wildman–Crippen LogP) is 4.08. The van der Waals surface area contributed by atoms with E-state index in [-0.39, 0.29) is 6.04 Å². The van der Waals surface area contributed by atoms with Crippen molar-refractivity contribution in [2.45, 2.75) is 19.4 Å². The van der Waals surface area contributed by atoms with E-state index in [9.17, 15) is 0 Å². The molecule has 1 aliphatic heterocycles. The van der Waals surface area contributed by atoms with Crippen LogP contribution in [0.5, 0.6) is 0 Å². The van der Waals surface area contributed by atoms with Gasteiger partial charge in [0.2, 0.25) is 0 Å². The molecule has 0 aliphatic carbocycles. The first-order valence-corrected chi connectivity index (χ1v) is 8.74. The van der Waals surface area contributed by atoms with E-state index in [0.29, 0.717) is 10.0 Å². The van der Waals surface area contributed by atoms with Crippen LogP contribution in [0.3, 0.4) is 0 Å². The number of aromatic nitrogens is 1. The van der Waals surface area contributed by atoms with Crippen molar-refractivity contribution < 1.29 is 0 Å². The van der Waals surface area contributed by atoms with Crippen LogP contribution in [0.25, 0.3) is 0 Å². The zero-order valence-electron chi connectivity index (χ0n) is 13.2. The summed E-state index contributed by atoms with van der Waals surface area (Å²) in [6.07, 6.45) is 1.12. The molecule has 1 unspecified atom stereocenters. The highest BCUT2D eigenvalue weighted by atomic mass is 35.5. The fraction of sp³-hybridized carbons (Fsp3) is 0.389. The summed E-state index contributed by atoms with van der Waals surface area (Å²) in [5.41, 5.74) is 3.12. The SMILES string of the molecule is Cc1cccc(C(c2ccc(Cl)cc2Cl)N2CCCNCC2)n1. The van der Waals surface area contributed by atoms with Gasteiger partial charge in [0.1, 0.15) is 0 Å². The van der Waals surface area contributed by atoms with E-state index in [0.717, 1.165) is 49.6 Å². The molecule has 3 rings (SSSR count). The lowest BCUT2D eigenvalue weighted by Crippen LogP contribution is -2.33. The molecule has 1 fully saturated rings. The number of hydrogen-bond acceptors (Lipinski definition) is 3. The van der Waals surface area contributed by atoms with Crippen LogP contribution in [0.1, 0.15) is 29.4 Å². The predicted molar refractivity (Wildman–Crippen MR) is 96.3 cm³/mol. The lowest BCUT2D eigenvalue weighted by Gasteiger charge is -2.31. The van der Waals surface area contributed by atoms with Crippen molar-refractivity contribution in [3.05, 3.63) is 63.4 Å². The second-order valence-corrected chi connectivity index (χ2v) is 6.76. The molecule has 1 N–H and O–H groups in total. The van der Waals surface area contributed by atoms with Gasteiger partial charge in [-0.25, -0.2) is 0 Å². The van der Waals surface area contributed by atoms with Crippen molar-refractivity contribution in [3.8, 4) is 0 Å². The Morgan fingerprint density at radius 2 is 2.00 bits per heavy atom. The molecule has 0 amide bonds. The molecule has 0 radical (unpaired) electrons. The van der Waals surface area contributed by atoms with Crippen molar-refractivity contribution in [2.24, 2.45) is 0 Å². The Hall–Kier alpha value is -1.13. The third-order valence-corrected chi connectivity index (χ3v) is 4.75. The zero-order chi connectivity index (χ0) is 16.2. The lowest BCUT2D eigenvalue weighted by molar-refractivity contribution is 0.237. The molecule has 2 aromatic rings. The number of nitrogens with one attached hydrogen (secondary N) is 1. The fourth-order valence-corrected chi connectivity index (χ4v) is 3.62. The largest absolute Gasteiger partial charge is 0.315 e. The molecule has 1 aromatic heterocycles. The molecule has 23 heavy (non-hydrogen) atoms. The van der Waals surface area contributed by atoms with E-state index in [1.807, 2.05) is 31.2 Å². The van der Waals surface area contributed by atoms with Crippen molar-refractivity contribution in [3.63, 3.8) is 0 Å². The molecule has 0 spiro atoms. The van der Waals surface area contributed by atoms with Crippen LogP contribution in [0, 0.1) is 6.92 Å². The summed E-state index contributed by atoms with van der Waals surface area (Å²) >= 11 is 12.6. The molecule has 1 atom stereocenters. The van der Waals surface area contributed by atoms with Crippen LogP contribution in [0.15, 0.2) is 36.4 Å². The number of rotatable bonds is 3. The minimum atomic E-state index is 0.0552. The Labute approximate surface area is 147 Å². The highest BCUT2D eigenvalue weighted by Gasteiger charge is 2.26. The van der Waals surface area contributed by atoms with Crippen molar-refractivity contribution in [1.29, 1.82) is 0 Å². The van der Waals surface area contributed by atoms with Crippen LogP contribution in [-0.4, -0.2) is 36.1 Å². The maximum atomic E-state index is 6.52. The average Bonchev–Trinajstić information content (AvgIpc) is 2.79. The summed E-state index contributed by atoms with van der Waals surface area (Å²) in [6.45, 7) is 6.05. The number of halogens is 2. The monoisotopic (exact) mass is 349 g/mol. The van der Waals surface area contributed by atoms with Crippen LogP contribution in [-0.2, 0) is 0 Å². The molecule has 1 saturated heterocycles. The van der Waals surface area contributed by atoms with Gasteiger partial charge in [-0.1, -0.05) is 35.3 Å². The molecule has 1 aliphatic rings. The van der Waals surface area contributed by atoms with E-state index in [2.05, 4.69) is 22.3 Å². The zero-order valence-corrected chi connectivity index (χ0v) is 14.7. The first-order valence-electron chi connectivity index (χ1n) is 7.98. The van der Waals surface area contributed by atoms with E-state index < -0.39 is 0 Å². The fourth-order valence-electron chi connectivity index (χ4n) is 3.11.